The van der Waals surface area contributed by atoms with Gasteiger partial charge >= 0.3 is 0 Å². The van der Waals surface area contributed by atoms with Gasteiger partial charge in [0.25, 0.3) is 0 Å². The number of aliphatic hydroxyl groups excluding tert-OH is 1. The molecular formula is C16H26N2O3. The molecule has 1 aromatic carbocycles. The summed E-state index contributed by atoms with van der Waals surface area (Å²) in [5, 5.41) is 21.3. The van der Waals surface area contributed by atoms with E-state index in [4.69, 9.17) is 10.8 Å². The van der Waals surface area contributed by atoms with Crippen molar-refractivity contribution in [1.82, 2.24) is 5.32 Å². The van der Waals surface area contributed by atoms with Gasteiger partial charge in [0.05, 0.1) is 6.04 Å². The van der Waals surface area contributed by atoms with Crippen molar-refractivity contribution >= 4 is 5.91 Å². The van der Waals surface area contributed by atoms with E-state index >= 15 is 0 Å². The quantitative estimate of drug-likeness (QED) is 0.633. The fourth-order valence-electron chi connectivity index (χ4n) is 2.11. The van der Waals surface area contributed by atoms with Crippen molar-refractivity contribution in [2.24, 2.45) is 11.1 Å². The fourth-order valence-corrected chi connectivity index (χ4v) is 2.11. The lowest BCUT2D eigenvalue weighted by Crippen LogP contribution is -2.51. The number of nitrogens with one attached hydrogen (secondary N) is 1. The number of hydrogen-bond acceptors (Lipinski definition) is 4. The highest BCUT2D eigenvalue weighted by Gasteiger charge is 2.27. The van der Waals surface area contributed by atoms with Crippen molar-refractivity contribution in [3.05, 3.63) is 29.8 Å². The number of carbonyl (C=O) groups excluding carboxylic acids is 1. The average molecular weight is 294 g/mol. The highest BCUT2D eigenvalue weighted by atomic mass is 16.3. The maximum Gasteiger partial charge on any atom is 0.237 e. The smallest absolute Gasteiger partial charge is 0.237 e. The lowest BCUT2D eigenvalue weighted by molar-refractivity contribution is -0.124. The van der Waals surface area contributed by atoms with Gasteiger partial charge in [0.2, 0.25) is 5.91 Å². The van der Waals surface area contributed by atoms with Crippen LogP contribution in [0, 0.1) is 5.41 Å². The summed E-state index contributed by atoms with van der Waals surface area (Å²) in [6.45, 7) is 6.06. The third-order valence-corrected chi connectivity index (χ3v) is 3.51. The molecule has 0 heterocycles. The third-order valence-electron chi connectivity index (χ3n) is 3.51. The number of phenols is 1. The van der Waals surface area contributed by atoms with E-state index in [1.807, 2.05) is 20.8 Å². The Morgan fingerprint density at radius 1 is 1.29 bits per heavy atom. The SMILES string of the molecule is CC(C)(C)C(CCO)NC(=O)[C@@H](N)Cc1ccc(O)cc1. The van der Waals surface area contributed by atoms with Gasteiger partial charge in [-0.25, -0.2) is 0 Å². The zero-order valence-corrected chi connectivity index (χ0v) is 13.0. The van der Waals surface area contributed by atoms with Gasteiger partial charge < -0.3 is 21.3 Å². The van der Waals surface area contributed by atoms with Crippen LogP contribution in [0.25, 0.3) is 0 Å². The second-order valence-corrected chi connectivity index (χ2v) is 6.42. The summed E-state index contributed by atoms with van der Waals surface area (Å²) in [7, 11) is 0. The molecule has 5 nitrogen and oxygen atoms in total. The third kappa shape index (κ3) is 5.73. The molecule has 0 aliphatic carbocycles. The van der Waals surface area contributed by atoms with Gasteiger partial charge in [-0.15, -0.1) is 0 Å². The van der Waals surface area contributed by atoms with E-state index in [0.717, 1.165) is 5.56 Å². The van der Waals surface area contributed by atoms with E-state index in [9.17, 15) is 9.90 Å². The lowest BCUT2D eigenvalue weighted by atomic mass is 9.84. The number of carbonyl (C=O) groups is 1. The van der Waals surface area contributed by atoms with Crippen molar-refractivity contribution in [3.8, 4) is 5.75 Å². The van der Waals surface area contributed by atoms with Gasteiger partial charge in [-0.3, -0.25) is 4.79 Å². The van der Waals surface area contributed by atoms with Crippen LogP contribution in [0.1, 0.15) is 32.8 Å². The number of aliphatic hydroxyl groups is 1. The average Bonchev–Trinajstić information content (AvgIpc) is 2.39. The second-order valence-electron chi connectivity index (χ2n) is 6.42. The first-order valence-electron chi connectivity index (χ1n) is 7.18. The van der Waals surface area contributed by atoms with Crippen LogP contribution in [0.2, 0.25) is 0 Å². The van der Waals surface area contributed by atoms with Crippen molar-refractivity contribution in [3.63, 3.8) is 0 Å². The summed E-state index contributed by atoms with van der Waals surface area (Å²) < 4.78 is 0. The zero-order chi connectivity index (χ0) is 16.0. The molecule has 0 fully saturated rings. The molecule has 1 unspecified atom stereocenters. The van der Waals surface area contributed by atoms with Crippen LogP contribution < -0.4 is 11.1 Å². The van der Waals surface area contributed by atoms with E-state index in [1.165, 1.54) is 0 Å². The molecule has 0 bridgehead atoms. The van der Waals surface area contributed by atoms with E-state index in [2.05, 4.69) is 5.32 Å². The van der Waals surface area contributed by atoms with Gasteiger partial charge in [-0.1, -0.05) is 32.9 Å². The molecule has 1 rings (SSSR count). The molecule has 21 heavy (non-hydrogen) atoms. The Morgan fingerprint density at radius 3 is 2.33 bits per heavy atom. The van der Waals surface area contributed by atoms with E-state index in [-0.39, 0.29) is 29.7 Å². The van der Waals surface area contributed by atoms with Gasteiger partial charge in [-0.2, -0.15) is 0 Å². The Balaban J connectivity index is 2.62. The van der Waals surface area contributed by atoms with Gasteiger partial charge in [-0.05, 0) is 36.0 Å². The van der Waals surface area contributed by atoms with Crippen molar-refractivity contribution in [2.45, 2.75) is 45.7 Å². The van der Waals surface area contributed by atoms with Gasteiger partial charge in [0, 0.05) is 12.6 Å². The van der Waals surface area contributed by atoms with E-state index in [1.54, 1.807) is 24.3 Å². The topological polar surface area (TPSA) is 95.6 Å². The highest BCUT2D eigenvalue weighted by Crippen LogP contribution is 2.21. The largest absolute Gasteiger partial charge is 0.508 e. The molecule has 0 saturated heterocycles. The summed E-state index contributed by atoms with van der Waals surface area (Å²) >= 11 is 0. The Morgan fingerprint density at radius 2 is 1.86 bits per heavy atom. The number of amides is 1. The van der Waals surface area contributed by atoms with Crippen LogP contribution in [-0.2, 0) is 11.2 Å². The standard InChI is InChI=1S/C16H26N2O3/c1-16(2,3)14(8-9-19)18-15(21)13(17)10-11-4-6-12(20)7-5-11/h4-7,13-14,19-20H,8-10,17H2,1-3H3,(H,18,21)/t13-,14?/m0/s1. The monoisotopic (exact) mass is 294 g/mol. The van der Waals surface area contributed by atoms with Crippen LogP contribution in [0.15, 0.2) is 24.3 Å². The van der Waals surface area contributed by atoms with Crippen LogP contribution in [-0.4, -0.2) is 34.8 Å². The van der Waals surface area contributed by atoms with E-state index in [0.29, 0.717) is 12.8 Å². The summed E-state index contributed by atoms with van der Waals surface area (Å²) in [4.78, 5) is 12.2. The molecule has 0 radical (unpaired) electrons. The summed E-state index contributed by atoms with van der Waals surface area (Å²) in [6, 6.07) is 5.86. The molecule has 0 aliphatic heterocycles. The van der Waals surface area contributed by atoms with Crippen LogP contribution >= 0.6 is 0 Å². The Kier molecular flexibility index (Phi) is 6.18. The number of benzene rings is 1. The second kappa shape index (κ2) is 7.43. The molecule has 5 N–H and O–H groups in total. The first kappa shape index (κ1) is 17.5. The first-order chi connectivity index (χ1) is 9.74. The zero-order valence-electron chi connectivity index (χ0n) is 13.0. The van der Waals surface area contributed by atoms with Crippen LogP contribution in [0.5, 0.6) is 5.75 Å². The molecule has 1 aromatic rings. The number of phenolic OH excluding ortho intramolecular Hbond substituents is 1. The fraction of sp³-hybridized carbons (Fsp3) is 0.562. The van der Waals surface area contributed by atoms with Crippen molar-refractivity contribution in [2.75, 3.05) is 6.61 Å². The number of hydrogen-bond donors (Lipinski definition) is 4. The summed E-state index contributed by atoms with van der Waals surface area (Å²) in [5.41, 5.74) is 6.69. The maximum absolute atomic E-state index is 12.2. The molecular weight excluding hydrogens is 268 g/mol. The molecule has 5 heteroatoms. The minimum atomic E-state index is -0.655. The van der Waals surface area contributed by atoms with Crippen LogP contribution in [0.3, 0.4) is 0 Å². The molecule has 1 amide bonds. The molecule has 0 aromatic heterocycles. The highest BCUT2D eigenvalue weighted by molar-refractivity contribution is 5.82. The van der Waals surface area contributed by atoms with Crippen molar-refractivity contribution < 1.29 is 15.0 Å². The Bertz CT molecular complexity index is 452. The first-order valence-corrected chi connectivity index (χ1v) is 7.18. The minimum Gasteiger partial charge on any atom is -0.508 e. The lowest BCUT2D eigenvalue weighted by Gasteiger charge is -2.32. The van der Waals surface area contributed by atoms with E-state index < -0.39 is 6.04 Å². The molecule has 2 atom stereocenters. The maximum atomic E-state index is 12.2. The number of nitrogens with two attached hydrogens (primary N) is 1. The Labute approximate surface area is 126 Å². The minimum absolute atomic E-state index is 0.0232. The van der Waals surface area contributed by atoms with Crippen molar-refractivity contribution in [1.29, 1.82) is 0 Å². The molecule has 118 valence electrons. The van der Waals surface area contributed by atoms with Gasteiger partial charge in [0.1, 0.15) is 5.75 Å². The van der Waals surface area contributed by atoms with Gasteiger partial charge in [0.15, 0.2) is 0 Å². The molecule has 0 aliphatic rings. The predicted molar refractivity (Wildman–Crippen MR) is 82.9 cm³/mol. The predicted octanol–water partition coefficient (Wildman–Crippen LogP) is 1.18. The molecule has 0 saturated carbocycles. The molecule has 0 spiro atoms. The Hall–Kier alpha value is -1.59. The summed E-state index contributed by atoms with van der Waals surface area (Å²) in [5.74, 6) is -0.0380. The summed E-state index contributed by atoms with van der Waals surface area (Å²) in [6.07, 6.45) is 0.906. The number of aromatic hydroxyl groups is 1. The number of rotatable bonds is 6. The van der Waals surface area contributed by atoms with Crippen LogP contribution in [0.4, 0.5) is 0 Å². The normalized spacial score (nSPS) is 14.5.